The average molecular weight is 253 g/mol. The highest BCUT2D eigenvalue weighted by atomic mass is 16.4. The van der Waals surface area contributed by atoms with Crippen LogP contribution in [0.5, 0.6) is 0 Å². The lowest BCUT2D eigenvalue weighted by atomic mass is 9.88. The molecule has 1 aromatic heterocycles. The van der Waals surface area contributed by atoms with Crippen molar-refractivity contribution in [3.63, 3.8) is 0 Å². The first-order valence-electron chi connectivity index (χ1n) is 5.85. The summed E-state index contributed by atoms with van der Waals surface area (Å²) in [6, 6.07) is 0. The predicted octanol–water partition coefficient (Wildman–Crippen LogP) is 1.39. The number of anilines is 1. The molecule has 6 heteroatoms. The number of aliphatic hydroxyl groups excluding tert-OH is 1. The molecule has 0 saturated heterocycles. The van der Waals surface area contributed by atoms with Crippen LogP contribution >= 0.6 is 0 Å². The van der Waals surface area contributed by atoms with Crippen molar-refractivity contribution in [1.82, 2.24) is 9.97 Å². The van der Waals surface area contributed by atoms with Crippen LogP contribution in [-0.2, 0) is 0 Å². The molecular formula is C12H19N3O3. The minimum atomic E-state index is -1.09. The Morgan fingerprint density at radius 2 is 2.17 bits per heavy atom. The van der Waals surface area contributed by atoms with Crippen LogP contribution in [0.3, 0.4) is 0 Å². The highest BCUT2D eigenvalue weighted by Crippen LogP contribution is 2.22. The fraction of sp³-hybridized carbons (Fsp3) is 0.583. The van der Waals surface area contributed by atoms with Crippen molar-refractivity contribution in [2.75, 3.05) is 18.5 Å². The number of hydrogen-bond donors (Lipinski definition) is 3. The molecule has 1 rings (SSSR count). The number of nitrogens with one attached hydrogen (secondary N) is 1. The summed E-state index contributed by atoms with van der Waals surface area (Å²) in [6.07, 6.45) is 4.33. The summed E-state index contributed by atoms with van der Waals surface area (Å²) >= 11 is 0. The predicted molar refractivity (Wildman–Crippen MR) is 67.6 cm³/mol. The van der Waals surface area contributed by atoms with E-state index in [0.29, 0.717) is 12.4 Å². The van der Waals surface area contributed by atoms with Crippen molar-refractivity contribution in [1.29, 1.82) is 0 Å². The molecular weight excluding hydrogens is 234 g/mol. The molecule has 0 aliphatic carbocycles. The number of carboxylic acids is 1. The maximum absolute atomic E-state index is 10.7. The summed E-state index contributed by atoms with van der Waals surface area (Å²) in [5, 5.41) is 20.7. The zero-order valence-electron chi connectivity index (χ0n) is 10.7. The van der Waals surface area contributed by atoms with Crippen LogP contribution in [0.25, 0.3) is 0 Å². The van der Waals surface area contributed by atoms with Gasteiger partial charge >= 0.3 is 5.97 Å². The first kappa shape index (κ1) is 14.4. The van der Waals surface area contributed by atoms with Crippen LogP contribution in [0.2, 0.25) is 0 Å². The fourth-order valence-electron chi connectivity index (χ4n) is 1.53. The maximum atomic E-state index is 10.7. The fourth-order valence-corrected chi connectivity index (χ4v) is 1.53. The molecule has 0 aromatic carbocycles. The zero-order chi connectivity index (χ0) is 13.6. The van der Waals surface area contributed by atoms with Crippen LogP contribution in [0.1, 0.15) is 37.2 Å². The molecule has 18 heavy (non-hydrogen) atoms. The van der Waals surface area contributed by atoms with Gasteiger partial charge in [0.1, 0.15) is 5.82 Å². The molecule has 0 radical (unpaired) electrons. The lowest BCUT2D eigenvalue weighted by molar-refractivity contribution is 0.0690. The molecule has 0 spiro atoms. The molecule has 0 amide bonds. The van der Waals surface area contributed by atoms with Crippen LogP contribution < -0.4 is 5.32 Å². The second-order valence-electron chi connectivity index (χ2n) is 4.94. The molecule has 100 valence electrons. The molecule has 0 saturated carbocycles. The average Bonchev–Trinajstić information content (AvgIpc) is 2.34. The summed E-state index contributed by atoms with van der Waals surface area (Å²) < 4.78 is 0. The number of carboxylic acid groups (broad SMARTS) is 1. The molecule has 0 fully saturated rings. The Hall–Kier alpha value is -1.69. The van der Waals surface area contributed by atoms with Gasteiger partial charge in [-0.25, -0.2) is 9.78 Å². The van der Waals surface area contributed by atoms with E-state index >= 15 is 0 Å². The van der Waals surface area contributed by atoms with Gasteiger partial charge in [0.15, 0.2) is 5.69 Å². The highest BCUT2D eigenvalue weighted by molar-refractivity contribution is 5.85. The number of nitrogens with zero attached hydrogens (tertiary/aromatic N) is 2. The summed E-state index contributed by atoms with van der Waals surface area (Å²) in [6.45, 7) is 4.97. The van der Waals surface area contributed by atoms with Crippen molar-refractivity contribution in [3.8, 4) is 0 Å². The van der Waals surface area contributed by atoms with Crippen molar-refractivity contribution in [2.24, 2.45) is 5.41 Å². The highest BCUT2D eigenvalue weighted by Gasteiger charge is 2.17. The third kappa shape index (κ3) is 4.67. The Kier molecular flexibility index (Phi) is 5.03. The summed E-state index contributed by atoms with van der Waals surface area (Å²) in [5.41, 5.74) is -0.0722. The van der Waals surface area contributed by atoms with E-state index in [2.05, 4.69) is 29.1 Å². The lowest BCUT2D eigenvalue weighted by Gasteiger charge is -2.24. The largest absolute Gasteiger partial charge is 0.476 e. The third-order valence-corrected chi connectivity index (χ3v) is 2.61. The number of hydrogen-bond acceptors (Lipinski definition) is 5. The summed E-state index contributed by atoms with van der Waals surface area (Å²) in [7, 11) is 0. The van der Waals surface area contributed by atoms with E-state index in [1.165, 1.54) is 12.4 Å². The minimum absolute atomic E-state index is 0.00361. The molecule has 0 aliphatic heterocycles. The normalized spacial score (nSPS) is 11.3. The van der Waals surface area contributed by atoms with Crippen molar-refractivity contribution in [3.05, 3.63) is 18.1 Å². The number of aliphatic hydroxyl groups is 1. The van der Waals surface area contributed by atoms with Crippen molar-refractivity contribution in [2.45, 2.75) is 26.7 Å². The summed E-state index contributed by atoms with van der Waals surface area (Å²) in [5.74, 6) is -0.641. The van der Waals surface area contributed by atoms with Gasteiger partial charge in [-0.3, -0.25) is 4.98 Å². The van der Waals surface area contributed by atoms with Crippen LogP contribution in [0.4, 0.5) is 5.82 Å². The van der Waals surface area contributed by atoms with Crippen LogP contribution in [0.15, 0.2) is 12.4 Å². The van der Waals surface area contributed by atoms with Crippen molar-refractivity contribution >= 4 is 11.8 Å². The number of aromatic nitrogens is 2. The molecule has 0 unspecified atom stereocenters. The first-order valence-corrected chi connectivity index (χ1v) is 5.85. The molecule has 1 aromatic rings. The van der Waals surface area contributed by atoms with Gasteiger partial charge in [-0.05, 0) is 18.3 Å². The van der Waals surface area contributed by atoms with Gasteiger partial charge in [0.25, 0.3) is 0 Å². The second kappa shape index (κ2) is 6.30. The number of aromatic carboxylic acids is 1. The Morgan fingerprint density at radius 3 is 2.78 bits per heavy atom. The lowest BCUT2D eigenvalue weighted by Crippen LogP contribution is -2.24. The first-order chi connectivity index (χ1) is 8.44. The topological polar surface area (TPSA) is 95.3 Å². The Balaban J connectivity index is 2.57. The Bertz CT molecular complexity index is 407. The number of carbonyl (C=O) groups is 1. The van der Waals surface area contributed by atoms with Crippen LogP contribution in [0, 0.1) is 5.41 Å². The van der Waals surface area contributed by atoms with Gasteiger partial charge < -0.3 is 15.5 Å². The number of rotatable bonds is 7. The van der Waals surface area contributed by atoms with Gasteiger partial charge in [-0.2, -0.15) is 0 Å². The molecule has 3 N–H and O–H groups in total. The van der Waals surface area contributed by atoms with E-state index in [-0.39, 0.29) is 17.7 Å². The minimum Gasteiger partial charge on any atom is -0.476 e. The summed E-state index contributed by atoms with van der Waals surface area (Å²) in [4.78, 5) is 18.5. The monoisotopic (exact) mass is 253 g/mol. The molecule has 0 atom stereocenters. The van der Waals surface area contributed by atoms with Gasteiger partial charge in [0, 0.05) is 13.2 Å². The van der Waals surface area contributed by atoms with Crippen molar-refractivity contribution < 1.29 is 15.0 Å². The third-order valence-electron chi connectivity index (χ3n) is 2.61. The van der Waals surface area contributed by atoms with E-state index in [1.54, 1.807) is 0 Å². The molecule has 1 heterocycles. The van der Waals surface area contributed by atoms with Gasteiger partial charge in [-0.15, -0.1) is 0 Å². The molecule has 0 aliphatic rings. The van der Waals surface area contributed by atoms with Crippen LogP contribution in [-0.4, -0.2) is 39.3 Å². The molecule has 6 nitrogen and oxygen atoms in total. The Morgan fingerprint density at radius 1 is 1.44 bits per heavy atom. The maximum Gasteiger partial charge on any atom is 0.356 e. The smallest absolute Gasteiger partial charge is 0.356 e. The van der Waals surface area contributed by atoms with Gasteiger partial charge in [0.05, 0.1) is 12.4 Å². The van der Waals surface area contributed by atoms with Gasteiger partial charge in [-0.1, -0.05) is 13.8 Å². The van der Waals surface area contributed by atoms with E-state index in [9.17, 15) is 4.79 Å². The quantitative estimate of drug-likeness (QED) is 0.679. The van der Waals surface area contributed by atoms with Gasteiger partial charge in [0.2, 0.25) is 0 Å². The van der Waals surface area contributed by atoms with E-state index in [0.717, 1.165) is 12.8 Å². The zero-order valence-corrected chi connectivity index (χ0v) is 10.7. The van der Waals surface area contributed by atoms with E-state index in [1.807, 2.05) is 0 Å². The van der Waals surface area contributed by atoms with E-state index < -0.39 is 5.97 Å². The Labute approximate surface area is 106 Å². The standard InChI is InChI=1S/C12H19N3O3/c1-12(2,4-3-5-16)8-14-10-7-13-6-9(15-10)11(17)18/h6-7,16H,3-5,8H2,1-2H3,(H,14,15)(H,17,18). The van der Waals surface area contributed by atoms with E-state index in [4.69, 9.17) is 10.2 Å². The SMILES string of the molecule is CC(C)(CCCO)CNc1cncc(C(=O)O)n1. The molecule has 0 bridgehead atoms. The second-order valence-corrected chi connectivity index (χ2v) is 4.94.